The molecular formula is C20H21F3N2O3. The van der Waals surface area contributed by atoms with Crippen LogP contribution in [0.25, 0.3) is 0 Å². The zero-order valence-electron chi connectivity index (χ0n) is 15.6. The maximum Gasteiger partial charge on any atom is 0.411 e. The summed E-state index contributed by atoms with van der Waals surface area (Å²) in [6, 6.07) is 9.96. The van der Waals surface area contributed by atoms with Crippen LogP contribution in [0.2, 0.25) is 0 Å². The first-order chi connectivity index (χ1) is 13.1. The first kappa shape index (κ1) is 21.6. The van der Waals surface area contributed by atoms with Gasteiger partial charge in [-0.15, -0.1) is 0 Å². The van der Waals surface area contributed by atoms with Gasteiger partial charge in [0.15, 0.2) is 0 Å². The van der Waals surface area contributed by atoms with Gasteiger partial charge in [0.25, 0.3) is 5.91 Å². The van der Waals surface area contributed by atoms with Crippen LogP contribution in [0.1, 0.15) is 39.8 Å². The number of carbonyl (C=O) groups excluding carboxylic acids is 2. The molecule has 0 atom stereocenters. The summed E-state index contributed by atoms with van der Waals surface area (Å²) in [6.45, 7) is 2.04. The van der Waals surface area contributed by atoms with Crippen molar-refractivity contribution in [2.24, 2.45) is 0 Å². The number of amides is 1. The molecule has 0 radical (unpaired) electrons. The smallest absolute Gasteiger partial charge is 0.367 e. The number of alkyl halides is 3. The van der Waals surface area contributed by atoms with Crippen LogP contribution in [0.4, 0.5) is 13.2 Å². The number of carbonyl (C=O) groups is 2. The molecule has 0 spiro atoms. The van der Waals surface area contributed by atoms with E-state index >= 15 is 0 Å². The molecule has 1 aromatic heterocycles. The molecule has 1 aromatic carbocycles. The molecule has 28 heavy (non-hydrogen) atoms. The topological polar surface area (TPSA) is 68.3 Å². The largest absolute Gasteiger partial charge is 0.411 e. The summed E-state index contributed by atoms with van der Waals surface area (Å²) in [5.41, 5.74) is 3.01. The SMILES string of the molecule is CC(=O)Cc1cc(C(=O)NCc2ccc(COCC(F)(F)F)cc2)cc(C)n1. The van der Waals surface area contributed by atoms with Crippen molar-refractivity contribution in [2.45, 2.75) is 39.6 Å². The molecule has 2 aromatic rings. The summed E-state index contributed by atoms with van der Waals surface area (Å²) in [4.78, 5) is 27.9. The van der Waals surface area contributed by atoms with Crippen LogP contribution in [-0.2, 0) is 29.1 Å². The van der Waals surface area contributed by atoms with Crippen LogP contribution in [0.15, 0.2) is 36.4 Å². The van der Waals surface area contributed by atoms with E-state index in [4.69, 9.17) is 0 Å². The highest BCUT2D eigenvalue weighted by molar-refractivity contribution is 5.94. The molecular weight excluding hydrogens is 373 g/mol. The summed E-state index contributed by atoms with van der Waals surface area (Å²) in [5.74, 6) is -0.336. The Morgan fingerprint density at radius 3 is 2.36 bits per heavy atom. The van der Waals surface area contributed by atoms with Crippen molar-refractivity contribution < 1.29 is 27.5 Å². The zero-order chi connectivity index (χ0) is 20.7. The molecule has 0 aliphatic carbocycles. The number of halogens is 3. The molecule has 150 valence electrons. The van der Waals surface area contributed by atoms with Crippen LogP contribution >= 0.6 is 0 Å². The number of pyridine rings is 1. The number of benzene rings is 1. The number of ether oxygens (including phenoxy) is 1. The normalized spacial score (nSPS) is 11.3. The number of ketones is 1. The molecule has 0 aliphatic rings. The molecule has 8 heteroatoms. The van der Waals surface area contributed by atoms with Crippen LogP contribution in [0.5, 0.6) is 0 Å². The molecule has 1 heterocycles. The molecule has 0 bridgehead atoms. The van der Waals surface area contributed by atoms with Gasteiger partial charge in [0.05, 0.1) is 6.61 Å². The first-order valence-corrected chi connectivity index (χ1v) is 8.60. The average Bonchev–Trinajstić information content (AvgIpc) is 2.58. The van der Waals surface area contributed by atoms with Crippen molar-refractivity contribution in [2.75, 3.05) is 6.61 Å². The van der Waals surface area contributed by atoms with Crippen LogP contribution in [-0.4, -0.2) is 29.5 Å². The predicted octanol–water partition coefficient (Wildman–Crippen LogP) is 3.53. The van der Waals surface area contributed by atoms with Crippen molar-refractivity contribution >= 4 is 11.7 Å². The number of Topliss-reactive ketones (excluding diaryl/α,β-unsaturated/α-hetero) is 1. The quantitative estimate of drug-likeness (QED) is 0.744. The van der Waals surface area contributed by atoms with Gasteiger partial charge in [0.2, 0.25) is 0 Å². The lowest BCUT2D eigenvalue weighted by molar-refractivity contribution is -0.176. The Hall–Kier alpha value is -2.74. The number of hydrogen-bond donors (Lipinski definition) is 1. The number of aromatic nitrogens is 1. The molecule has 1 amide bonds. The molecule has 0 saturated heterocycles. The van der Waals surface area contributed by atoms with E-state index in [1.165, 1.54) is 6.92 Å². The Morgan fingerprint density at radius 2 is 1.75 bits per heavy atom. The van der Waals surface area contributed by atoms with E-state index in [1.807, 2.05) is 0 Å². The Bertz CT molecular complexity index is 834. The van der Waals surface area contributed by atoms with Crippen molar-refractivity contribution in [3.63, 3.8) is 0 Å². The van der Waals surface area contributed by atoms with Gasteiger partial charge in [0, 0.05) is 29.9 Å². The minimum Gasteiger partial charge on any atom is -0.367 e. The highest BCUT2D eigenvalue weighted by atomic mass is 19.4. The summed E-state index contributed by atoms with van der Waals surface area (Å²) in [6.07, 6.45) is -4.18. The van der Waals surface area contributed by atoms with Gasteiger partial charge < -0.3 is 10.1 Å². The van der Waals surface area contributed by atoms with E-state index < -0.39 is 12.8 Å². The lowest BCUT2D eigenvalue weighted by Crippen LogP contribution is -2.23. The minimum absolute atomic E-state index is 0.0382. The summed E-state index contributed by atoms with van der Waals surface area (Å²) in [7, 11) is 0. The third-order valence-electron chi connectivity index (χ3n) is 3.71. The first-order valence-electron chi connectivity index (χ1n) is 8.60. The molecule has 0 unspecified atom stereocenters. The van der Waals surface area contributed by atoms with Gasteiger partial charge in [-0.1, -0.05) is 24.3 Å². The van der Waals surface area contributed by atoms with Gasteiger partial charge >= 0.3 is 6.18 Å². The predicted molar refractivity (Wildman–Crippen MR) is 96.7 cm³/mol. The second-order valence-electron chi connectivity index (χ2n) is 6.47. The minimum atomic E-state index is -4.35. The summed E-state index contributed by atoms with van der Waals surface area (Å²) >= 11 is 0. The zero-order valence-corrected chi connectivity index (χ0v) is 15.6. The molecule has 0 fully saturated rings. The Balaban J connectivity index is 1.90. The maximum atomic E-state index is 12.4. The van der Waals surface area contributed by atoms with Crippen LogP contribution < -0.4 is 5.32 Å². The number of nitrogens with zero attached hydrogens (tertiary/aromatic N) is 1. The third-order valence-corrected chi connectivity index (χ3v) is 3.71. The number of aryl methyl sites for hydroxylation is 1. The van der Waals surface area contributed by atoms with E-state index in [9.17, 15) is 22.8 Å². The van der Waals surface area contributed by atoms with Crippen LogP contribution in [0.3, 0.4) is 0 Å². The van der Waals surface area contributed by atoms with E-state index in [-0.39, 0.29) is 31.3 Å². The second kappa shape index (κ2) is 9.45. The Kier molecular flexibility index (Phi) is 7.28. The molecule has 5 nitrogen and oxygen atoms in total. The highest BCUT2D eigenvalue weighted by Gasteiger charge is 2.27. The van der Waals surface area contributed by atoms with Crippen molar-refractivity contribution in [3.05, 3.63) is 64.5 Å². The number of nitrogens with one attached hydrogen (secondary N) is 1. The Labute approximate surface area is 160 Å². The van der Waals surface area contributed by atoms with E-state index in [1.54, 1.807) is 43.3 Å². The van der Waals surface area contributed by atoms with Crippen LogP contribution in [0, 0.1) is 6.92 Å². The molecule has 0 saturated carbocycles. The number of rotatable bonds is 8. The lowest BCUT2D eigenvalue weighted by atomic mass is 10.1. The summed E-state index contributed by atoms with van der Waals surface area (Å²) in [5, 5.41) is 2.77. The molecule has 2 rings (SSSR count). The van der Waals surface area contributed by atoms with Gasteiger partial charge in [-0.25, -0.2) is 0 Å². The number of hydrogen-bond acceptors (Lipinski definition) is 4. The monoisotopic (exact) mass is 394 g/mol. The Morgan fingerprint density at radius 1 is 1.11 bits per heavy atom. The summed E-state index contributed by atoms with van der Waals surface area (Å²) < 4.78 is 40.8. The van der Waals surface area contributed by atoms with Crippen molar-refractivity contribution in [1.29, 1.82) is 0 Å². The average molecular weight is 394 g/mol. The fraction of sp³-hybridized carbons (Fsp3) is 0.350. The fourth-order valence-corrected chi connectivity index (χ4v) is 2.54. The standard InChI is InChI=1S/C20H21F3N2O3/c1-13-7-17(9-18(25-13)8-14(2)26)19(27)24-10-15-3-5-16(6-4-15)11-28-12-20(21,22)23/h3-7,9H,8,10-12H2,1-2H3,(H,24,27). The van der Waals surface area contributed by atoms with Gasteiger partial charge in [-0.3, -0.25) is 14.6 Å². The van der Waals surface area contributed by atoms with E-state index in [0.29, 0.717) is 22.5 Å². The molecule has 0 aliphatic heterocycles. The fourth-order valence-electron chi connectivity index (χ4n) is 2.54. The van der Waals surface area contributed by atoms with Gasteiger partial charge in [-0.05, 0) is 37.1 Å². The van der Waals surface area contributed by atoms with E-state index in [2.05, 4.69) is 15.0 Å². The third kappa shape index (κ3) is 7.48. The van der Waals surface area contributed by atoms with E-state index in [0.717, 1.165) is 5.56 Å². The molecule has 1 N–H and O–H groups in total. The van der Waals surface area contributed by atoms with Crippen molar-refractivity contribution in [1.82, 2.24) is 10.3 Å². The maximum absolute atomic E-state index is 12.4. The highest BCUT2D eigenvalue weighted by Crippen LogP contribution is 2.16. The lowest BCUT2D eigenvalue weighted by Gasteiger charge is -2.10. The second-order valence-corrected chi connectivity index (χ2v) is 6.47. The van der Waals surface area contributed by atoms with Crippen molar-refractivity contribution in [3.8, 4) is 0 Å². The van der Waals surface area contributed by atoms with Gasteiger partial charge in [-0.2, -0.15) is 13.2 Å². The van der Waals surface area contributed by atoms with Gasteiger partial charge in [0.1, 0.15) is 12.4 Å².